The molecule has 0 radical (unpaired) electrons. The average molecular weight is 512 g/mol. The molecule has 0 saturated carbocycles. The molecule has 2 aliphatic heterocycles. The zero-order chi connectivity index (χ0) is 26.8. The van der Waals surface area contributed by atoms with E-state index >= 15 is 0 Å². The van der Waals surface area contributed by atoms with Crippen molar-refractivity contribution in [3.8, 4) is 0 Å². The van der Waals surface area contributed by atoms with Crippen LogP contribution in [0.1, 0.15) is 44.7 Å². The first-order valence-corrected chi connectivity index (χ1v) is 13.4. The van der Waals surface area contributed by atoms with Gasteiger partial charge in [-0.15, -0.1) is 0 Å². The van der Waals surface area contributed by atoms with Crippen molar-refractivity contribution in [3.05, 3.63) is 102 Å². The number of ether oxygens (including phenoxy) is 1. The van der Waals surface area contributed by atoms with Gasteiger partial charge in [-0.25, -0.2) is 4.79 Å². The van der Waals surface area contributed by atoms with Crippen molar-refractivity contribution in [3.63, 3.8) is 0 Å². The van der Waals surface area contributed by atoms with Crippen LogP contribution in [0.15, 0.2) is 91.0 Å². The maximum absolute atomic E-state index is 14.8. The topological polar surface area (TPSA) is 61.9 Å². The fourth-order valence-electron chi connectivity index (χ4n) is 6.26. The minimum atomic E-state index is -1.33. The first-order chi connectivity index (χ1) is 18.3. The first kappa shape index (κ1) is 26.0. The number of piperidine rings is 1. The molecule has 2 heterocycles. The summed E-state index contributed by atoms with van der Waals surface area (Å²) < 4.78 is 6.09. The molecule has 5 rings (SSSR count). The second-order valence-corrected chi connectivity index (χ2v) is 11.3. The van der Waals surface area contributed by atoms with Gasteiger partial charge < -0.3 is 19.9 Å². The summed E-state index contributed by atoms with van der Waals surface area (Å²) in [6.07, 6.45) is 1.34. The summed E-state index contributed by atoms with van der Waals surface area (Å²) >= 11 is 0. The van der Waals surface area contributed by atoms with Crippen LogP contribution in [0.3, 0.4) is 0 Å². The number of nitrogens with zero attached hydrogens (tertiary/aromatic N) is 2. The minimum absolute atomic E-state index is 0.0155. The number of benzene rings is 3. The molecule has 0 bridgehead atoms. The van der Waals surface area contributed by atoms with Crippen molar-refractivity contribution in [1.29, 1.82) is 0 Å². The highest BCUT2D eigenvalue weighted by Gasteiger charge is 2.65. The zero-order valence-corrected chi connectivity index (χ0v) is 22.5. The maximum Gasteiger partial charge on any atom is 0.337 e. The maximum atomic E-state index is 14.8. The van der Waals surface area contributed by atoms with Crippen LogP contribution in [-0.4, -0.2) is 42.1 Å². The highest BCUT2D eigenvalue weighted by Crippen LogP contribution is 2.51. The van der Waals surface area contributed by atoms with E-state index in [1.54, 1.807) is 0 Å². The van der Waals surface area contributed by atoms with Crippen LogP contribution < -0.4 is 10.2 Å². The number of carbonyl (C=O) groups excluding carboxylic acids is 2. The summed E-state index contributed by atoms with van der Waals surface area (Å²) in [7, 11) is 0. The van der Waals surface area contributed by atoms with Gasteiger partial charge in [-0.2, -0.15) is 0 Å². The van der Waals surface area contributed by atoms with Gasteiger partial charge in [0.15, 0.2) is 5.54 Å². The molecule has 38 heavy (non-hydrogen) atoms. The molecule has 1 N–H and O–H groups in total. The van der Waals surface area contributed by atoms with Crippen molar-refractivity contribution >= 4 is 17.6 Å². The largest absolute Gasteiger partial charge is 0.459 e. The smallest absolute Gasteiger partial charge is 0.337 e. The Morgan fingerprint density at radius 2 is 1.42 bits per heavy atom. The van der Waals surface area contributed by atoms with Gasteiger partial charge >= 0.3 is 5.97 Å². The number of para-hydroxylation sites is 1. The van der Waals surface area contributed by atoms with Crippen LogP contribution in [0.2, 0.25) is 0 Å². The minimum Gasteiger partial charge on any atom is -0.459 e. The van der Waals surface area contributed by atoms with Gasteiger partial charge in [0.05, 0.1) is 6.67 Å². The van der Waals surface area contributed by atoms with E-state index < -0.39 is 22.5 Å². The Bertz CT molecular complexity index is 1250. The highest BCUT2D eigenvalue weighted by atomic mass is 16.5. The van der Waals surface area contributed by atoms with Crippen LogP contribution in [0.4, 0.5) is 5.69 Å². The normalized spacial score (nSPS) is 18.9. The van der Waals surface area contributed by atoms with E-state index in [2.05, 4.69) is 22.3 Å². The Hall–Kier alpha value is -3.64. The van der Waals surface area contributed by atoms with Crippen molar-refractivity contribution < 1.29 is 14.3 Å². The summed E-state index contributed by atoms with van der Waals surface area (Å²) in [6.45, 7) is 8.01. The number of nitrogens with one attached hydrogen (secondary N) is 1. The Kier molecular flexibility index (Phi) is 7.01. The second kappa shape index (κ2) is 10.3. The quantitative estimate of drug-likeness (QED) is 0.467. The van der Waals surface area contributed by atoms with Crippen molar-refractivity contribution in [1.82, 2.24) is 10.2 Å². The summed E-state index contributed by atoms with van der Waals surface area (Å²) in [4.78, 5) is 33.3. The van der Waals surface area contributed by atoms with E-state index in [1.807, 2.05) is 105 Å². The predicted octanol–water partition coefficient (Wildman–Crippen LogP) is 5.10. The van der Waals surface area contributed by atoms with Gasteiger partial charge in [0.1, 0.15) is 12.1 Å². The van der Waals surface area contributed by atoms with E-state index in [0.29, 0.717) is 19.5 Å². The third-order valence-electron chi connectivity index (χ3n) is 8.13. The number of esters is 1. The van der Waals surface area contributed by atoms with E-state index in [-0.39, 0.29) is 12.5 Å². The zero-order valence-electron chi connectivity index (χ0n) is 22.5. The number of amides is 1. The Morgan fingerprint density at radius 1 is 0.868 bits per heavy atom. The molecule has 1 atom stereocenters. The fraction of sp³-hybridized carbons (Fsp3) is 0.375. The molecular formula is C32H37N3O3. The fourth-order valence-corrected chi connectivity index (χ4v) is 6.26. The first-order valence-electron chi connectivity index (χ1n) is 13.4. The van der Waals surface area contributed by atoms with E-state index in [1.165, 1.54) is 0 Å². The summed E-state index contributed by atoms with van der Waals surface area (Å²) in [5.41, 5.74) is -0.0700. The number of rotatable bonds is 6. The monoisotopic (exact) mass is 511 g/mol. The SMILES string of the molecule is CC(C)(C)[C@@](C(=O)OCc1ccccc1)(c1ccccc1)N1CN(c2ccccc2)C2(CCNCC2)C1=O. The molecule has 3 aromatic rings. The standard InChI is InChI=1S/C32H37N3O3/c1-30(2,3)32(26-15-9-5-10-16-26,29(37)38-23-25-13-7-4-8-14-25)35-24-34(27-17-11-6-12-18-27)31(28(35)36)19-21-33-22-20-31/h4-18,33H,19-24H2,1-3H3/t32-/m0/s1. The molecule has 6 nitrogen and oxygen atoms in total. The third-order valence-corrected chi connectivity index (χ3v) is 8.13. The molecule has 2 aliphatic rings. The van der Waals surface area contributed by atoms with Crippen LogP contribution >= 0.6 is 0 Å². The highest BCUT2D eigenvalue weighted by molar-refractivity contribution is 5.99. The Balaban J connectivity index is 1.65. The van der Waals surface area contributed by atoms with Gasteiger partial charge in [0.2, 0.25) is 0 Å². The Labute approximate surface area is 225 Å². The lowest BCUT2D eigenvalue weighted by Gasteiger charge is -2.48. The molecule has 2 saturated heterocycles. The van der Waals surface area contributed by atoms with Gasteiger partial charge in [-0.1, -0.05) is 99.6 Å². The molecule has 1 spiro atoms. The molecular weight excluding hydrogens is 474 g/mol. The van der Waals surface area contributed by atoms with Crippen molar-refractivity contribution in [2.24, 2.45) is 5.41 Å². The van der Waals surface area contributed by atoms with Crippen LogP contribution in [0.5, 0.6) is 0 Å². The van der Waals surface area contributed by atoms with E-state index in [0.717, 1.165) is 29.9 Å². The predicted molar refractivity (Wildman–Crippen MR) is 149 cm³/mol. The van der Waals surface area contributed by atoms with Crippen LogP contribution in [0.25, 0.3) is 0 Å². The number of carbonyl (C=O) groups is 2. The molecule has 6 heteroatoms. The molecule has 198 valence electrons. The van der Waals surface area contributed by atoms with Crippen molar-refractivity contribution in [2.75, 3.05) is 24.7 Å². The Morgan fingerprint density at radius 3 is 2.00 bits per heavy atom. The molecule has 0 unspecified atom stereocenters. The molecule has 0 aromatic heterocycles. The number of anilines is 1. The van der Waals surface area contributed by atoms with E-state index in [4.69, 9.17) is 4.74 Å². The molecule has 1 amide bonds. The van der Waals surface area contributed by atoms with Crippen LogP contribution in [-0.2, 0) is 26.5 Å². The second-order valence-electron chi connectivity index (χ2n) is 11.3. The molecule has 3 aromatic carbocycles. The van der Waals surface area contributed by atoms with Gasteiger partial charge in [-0.05, 0) is 49.2 Å². The number of hydrogen-bond acceptors (Lipinski definition) is 5. The van der Waals surface area contributed by atoms with Gasteiger partial charge in [0.25, 0.3) is 5.91 Å². The lowest BCUT2D eigenvalue weighted by atomic mass is 9.67. The van der Waals surface area contributed by atoms with E-state index in [9.17, 15) is 9.59 Å². The molecule has 0 aliphatic carbocycles. The lowest BCUT2D eigenvalue weighted by molar-refractivity contribution is -0.175. The summed E-state index contributed by atoms with van der Waals surface area (Å²) in [5.74, 6) is -0.425. The molecule has 2 fully saturated rings. The lowest BCUT2D eigenvalue weighted by Crippen LogP contribution is -2.63. The average Bonchev–Trinajstić information content (AvgIpc) is 3.20. The van der Waals surface area contributed by atoms with Gasteiger partial charge in [-0.3, -0.25) is 4.79 Å². The summed E-state index contributed by atoms with van der Waals surface area (Å²) in [5, 5.41) is 3.42. The summed E-state index contributed by atoms with van der Waals surface area (Å²) in [6, 6.07) is 29.4. The van der Waals surface area contributed by atoms with Gasteiger partial charge in [0, 0.05) is 11.1 Å². The third kappa shape index (κ3) is 4.27. The van der Waals surface area contributed by atoms with Crippen molar-refractivity contribution in [2.45, 2.75) is 51.3 Å². The van der Waals surface area contributed by atoms with Crippen LogP contribution in [0, 0.1) is 5.41 Å². The number of hydrogen-bond donors (Lipinski definition) is 1.